The van der Waals surface area contributed by atoms with E-state index in [1.807, 2.05) is 0 Å². The zero-order valence-electron chi connectivity index (χ0n) is 8.95. The molecule has 0 saturated carbocycles. The SMILES string of the molecule is O=S(=O)([O-])CC(F)C(F)C(F)C(F)CCF.[Na+]. The molecule has 0 amide bonds. The van der Waals surface area contributed by atoms with Gasteiger partial charge < -0.3 is 4.55 Å². The molecule has 0 radical (unpaired) electrons. The molecule has 0 aliphatic rings. The molecule has 0 spiro atoms. The van der Waals surface area contributed by atoms with E-state index < -0.39 is 53.7 Å². The molecule has 3 nitrogen and oxygen atoms in total. The van der Waals surface area contributed by atoms with Gasteiger partial charge in [-0.3, -0.25) is 4.39 Å². The van der Waals surface area contributed by atoms with Crippen LogP contribution in [0.1, 0.15) is 6.42 Å². The van der Waals surface area contributed by atoms with E-state index in [-0.39, 0.29) is 29.6 Å². The third-order valence-corrected chi connectivity index (χ3v) is 2.47. The fraction of sp³-hybridized carbons (Fsp3) is 1.00. The average molecular weight is 292 g/mol. The second-order valence-corrected chi connectivity index (χ2v) is 4.57. The minimum Gasteiger partial charge on any atom is -0.748 e. The van der Waals surface area contributed by atoms with E-state index in [4.69, 9.17) is 0 Å². The van der Waals surface area contributed by atoms with Crippen molar-refractivity contribution in [3.05, 3.63) is 0 Å². The molecular weight excluding hydrogens is 282 g/mol. The zero-order valence-corrected chi connectivity index (χ0v) is 11.8. The molecule has 98 valence electrons. The summed E-state index contributed by atoms with van der Waals surface area (Å²) in [5, 5.41) is 0. The Morgan fingerprint density at radius 1 is 1.00 bits per heavy atom. The minimum absolute atomic E-state index is 0. The van der Waals surface area contributed by atoms with E-state index in [0.29, 0.717) is 0 Å². The summed E-state index contributed by atoms with van der Waals surface area (Å²) in [7, 11) is -5.07. The monoisotopic (exact) mass is 292 g/mol. The van der Waals surface area contributed by atoms with Gasteiger partial charge in [0.05, 0.1) is 22.5 Å². The van der Waals surface area contributed by atoms with Crippen LogP contribution in [0.2, 0.25) is 0 Å². The summed E-state index contributed by atoms with van der Waals surface area (Å²) in [4.78, 5) is 0. The van der Waals surface area contributed by atoms with Gasteiger partial charge >= 0.3 is 29.6 Å². The Morgan fingerprint density at radius 2 is 1.41 bits per heavy atom. The third-order valence-electron chi connectivity index (χ3n) is 1.74. The van der Waals surface area contributed by atoms with Crippen molar-refractivity contribution in [2.45, 2.75) is 31.1 Å². The van der Waals surface area contributed by atoms with Crippen molar-refractivity contribution in [1.82, 2.24) is 0 Å². The van der Waals surface area contributed by atoms with Gasteiger partial charge in [0, 0.05) is 6.42 Å². The van der Waals surface area contributed by atoms with Gasteiger partial charge in [-0.1, -0.05) is 0 Å². The Labute approximate surface area is 118 Å². The van der Waals surface area contributed by atoms with Gasteiger partial charge in [-0.05, 0) is 0 Å². The van der Waals surface area contributed by atoms with Gasteiger partial charge in [0.15, 0.2) is 12.3 Å². The number of hydrogen-bond donors (Lipinski definition) is 0. The second-order valence-electron chi connectivity index (χ2n) is 3.12. The van der Waals surface area contributed by atoms with E-state index in [1.54, 1.807) is 0 Å². The average Bonchev–Trinajstić information content (AvgIpc) is 2.13. The molecular formula is C7H10F5NaO3S. The van der Waals surface area contributed by atoms with E-state index in [9.17, 15) is 34.9 Å². The van der Waals surface area contributed by atoms with E-state index in [2.05, 4.69) is 0 Å². The van der Waals surface area contributed by atoms with Crippen LogP contribution in [0, 0.1) is 0 Å². The smallest absolute Gasteiger partial charge is 0.748 e. The van der Waals surface area contributed by atoms with Crippen LogP contribution in [-0.2, 0) is 10.1 Å². The molecule has 0 heterocycles. The summed E-state index contributed by atoms with van der Waals surface area (Å²) in [6.07, 6.45) is -12.6. The summed E-state index contributed by atoms with van der Waals surface area (Å²) < 4.78 is 92.5. The molecule has 0 aromatic rings. The molecule has 0 aromatic heterocycles. The van der Waals surface area contributed by atoms with Crippen LogP contribution in [0.4, 0.5) is 22.0 Å². The topological polar surface area (TPSA) is 57.2 Å². The quantitative estimate of drug-likeness (QED) is 0.318. The van der Waals surface area contributed by atoms with Crippen LogP contribution in [0.25, 0.3) is 0 Å². The first kappa shape index (κ1) is 19.9. The summed E-state index contributed by atoms with van der Waals surface area (Å²) in [5.41, 5.74) is 0. The summed E-state index contributed by atoms with van der Waals surface area (Å²) >= 11 is 0. The molecule has 0 aliphatic carbocycles. The molecule has 0 aliphatic heterocycles. The Hall–Kier alpha value is 0.560. The maximum Gasteiger partial charge on any atom is 1.00 e. The van der Waals surface area contributed by atoms with Crippen molar-refractivity contribution in [1.29, 1.82) is 0 Å². The third kappa shape index (κ3) is 8.30. The molecule has 0 saturated heterocycles. The first-order chi connectivity index (χ1) is 7.19. The molecule has 4 unspecified atom stereocenters. The predicted octanol–water partition coefficient (Wildman–Crippen LogP) is -1.75. The van der Waals surface area contributed by atoms with Crippen molar-refractivity contribution >= 4 is 10.1 Å². The van der Waals surface area contributed by atoms with E-state index >= 15 is 0 Å². The van der Waals surface area contributed by atoms with Gasteiger partial charge in [0.2, 0.25) is 0 Å². The normalized spacial score (nSPS) is 18.9. The van der Waals surface area contributed by atoms with Crippen LogP contribution in [0.5, 0.6) is 0 Å². The zero-order chi connectivity index (χ0) is 12.9. The molecule has 0 N–H and O–H groups in total. The van der Waals surface area contributed by atoms with Crippen molar-refractivity contribution < 1.29 is 64.5 Å². The van der Waals surface area contributed by atoms with E-state index in [0.717, 1.165) is 0 Å². The van der Waals surface area contributed by atoms with E-state index in [1.165, 1.54) is 0 Å². The summed E-state index contributed by atoms with van der Waals surface area (Å²) in [6, 6.07) is 0. The van der Waals surface area contributed by atoms with Gasteiger partial charge in [-0.25, -0.2) is 26.0 Å². The maximum absolute atomic E-state index is 12.8. The van der Waals surface area contributed by atoms with Crippen LogP contribution >= 0.6 is 0 Å². The molecule has 4 atom stereocenters. The van der Waals surface area contributed by atoms with Crippen LogP contribution in [0.3, 0.4) is 0 Å². The molecule has 0 aromatic carbocycles. The predicted molar refractivity (Wildman–Crippen MR) is 44.7 cm³/mol. The number of rotatable bonds is 7. The first-order valence-electron chi connectivity index (χ1n) is 4.25. The fourth-order valence-corrected chi connectivity index (χ4v) is 1.52. The van der Waals surface area contributed by atoms with Crippen LogP contribution in [0.15, 0.2) is 0 Å². The Bertz CT molecular complexity index is 302. The van der Waals surface area contributed by atoms with Gasteiger partial charge in [-0.2, -0.15) is 0 Å². The Kier molecular flexibility index (Phi) is 10.1. The molecule has 0 fully saturated rings. The van der Waals surface area contributed by atoms with Crippen molar-refractivity contribution in [3.63, 3.8) is 0 Å². The van der Waals surface area contributed by atoms with Crippen LogP contribution < -0.4 is 29.6 Å². The van der Waals surface area contributed by atoms with Crippen molar-refractivity contribution in [2.24, 2.45) is 0 Å². The summed E-state index contributed by atoms with van der Waals surface area (Å²) in [5.74, 6) is -1.78. The Morgan fingerprint density at radius 3 is 1.76 bits per heavy atom. The first-order valence-corrected chi connectivity index (χ1v) is 5.82. The van der Waals surface area contributed by atoms with Crippen molar-refractivity contribution in [3.8, 4) is 0 Å². The van der Waals surface area contributed by atoms with Crippen LogP contribution in [-0.4, -0.2) is 50.1 Å². The maximum atomic E-state index is 12.8. The molecule has 10 heteroatoms. The summed E-state index contributed by atoms with van der Waals surface area (Å²) in [6.45, 7) is -1.26. The number of halogens is 5. The number of hydrogen-bond acceptors (Lipinski definition) is 3. The largest absolute Gasteiger partial charge is 1.00 e. The minimum atomic E-state index is -5.07. The van der Waals surface area contributed by atoms with Gasteiger partial charge in [-0.15, -0.1) is 0 Å². The van der Waals surface area contributed by atoms with Gasteiger partial charge in [0.25, 0.3) is 0 Å². The number of alkyl halides is 5. The fourth-order valence-electron chi connectivity index (χ4n) is 0.949. The molecule has 17 heavy (non-hydrogen) atoms. The van der Waals surface area contributed by atoms with Crippen molar-refractivity contribution in [2.75, 3.05) is 12.4 Å². The molecule has 0 bridgehead atoms. The second kappa shape index (κ2) is 8.63. The standard InChI is InChI=1S/C7H11F5O3S.Na/c8-2-1-4(9)6(11)7(12)5(10)3-16(13,14)15;/h4-7H,1-3H2,(H,13,14,15);/q;+1/p-1. The Balaban J connectivity index is 0. The van der Waals surface area contributed by atoms with Gasteiger partial charge in [0.1, 0.15) is 12.3 Å². The molecule has 0 rings (SSSR count).